The number of amides is 2. The number of halogens is 2. The summed E-state index contributed by atoms with van der Waals surface area (Å²) in [6, 6.07) is 11.6. The molecule has 0 spiro atoms. The Hall–Kier alpha value is -2.57. The topological polar surface area (TPSA) is 79.8 Å². The summed E-state index contributed by atoms with van der Waals surface area (Å²) < 4.78 is 5.08. The third-order valence-corrected chi connectivity index (χ3v) is 4.06. The van der Waals surface area contributed by atoms with Gasteiger partial charge in [-0.15, -0.1) is 0 Å². The first-order valence-electron chi connectivity index (χ1n) is 7.63. The van der Waals surface area contributed by atoms with Crippen molar-refractivity contribution in [2.45, 2.75) is 13.0 Å². The normalized spacial score (nSPS) is 11.8. The van der Waals surface area contributed by atoms with Crippen LogP contribution in [0.3, 0.4) is 0 Å². The van der Waals surface area contributed by atoms with Crippen LogP contribution in [0.2, 0.25) is 10.0 Å². The molecule has 0 aliphatic carbocycles. The predicted octanol–water partition coefficient (Wildman–Crippen LogP) is 3.33. The molecular weight excluding hydrogens is 377 g/mol. The third kappa shape index (κ3) is 5.47. The molecule has 0 radical (unpaired) electrons. The molecule has 1 atom stereocenters. The van der Waals surface area contributed by atoms with Crippen LogP contribution >= 0.6 is 23.2 Å². The van der Waals surface area contributed by atoms with E-state index >= 15 is 0 Å². The number of methoxy groups -OCH3 is 1. The summed E-state index contributed by atoms with van der Waals surface area (Å²) in [5.74, 6) is -0.973. The van der Waals surface area contributed by atoms with E-state index < -0.39 is 11.8 Å². The predicted molar refractivity (Wildman–Crippen MR) is 102 cm³/mol. The van der Waals surface area contributed by atoms with E-state index in [9.17, 15) is 9.59 Å². The van der Waals surface area contributed by atoms with Gasteiger partial charge in [0.05, 0.1) is 24.4 Å². The number of hydrogen-bond donors (Lipinski definition) is 2. The van der Waals surface area contributed by atoms with Crippen LogP contribution in [0.4, 0.5) is 0 Å². The summed E-state index contributed by atoms with van der Waals surface area (Å²) in [5, 5.41) is 7.19. The van der Waals surface area contributed by atoms with Crippen molar-refractivity contribution in [1.29, 1.82) is 0 Å². The van der Waals surface area contributed by atoms with Crippen LogP contribution < -0.4 is 15.5 Å². The van der Waals surface area contributed by atoms with E-state index in [2.05, 4.69) is 15.8 Å². The smallest absolute Gasteiger partial charge is 0.329 e. The molecule has 8 heteroatoms. The largest absolute Gasteiger partial charge is 0.497 e. The first kappa shape index (κ1) is 19.8. The van der Waals surface area contributed by atoms with Gasteiger partial charge in [-0.1, -0.05) is 41.4 Å². The summed E-state index contributed by atoms with van der Waals surface area (Å²) in [5.41, 5.74) is 3.55. The second-order valence-corrected chi connectivity index (χ2v) is 6.18. The van der Waals surface area contributed by atoms with E-state index in [-0.39, 0.29) is 6.04 Å². The van der Waals surface area contributed by atoms with Crippen LogP contribution in [-0.4, -0.2) is 25.1 Å². The molecule has 2 amide bonds. The molecule has 2 aromatic rings. The van der Waals surface area contributed by atoms with Crippen LogP contribution in [0.1, 0.15) is 24.1 Å². The Morgan fingerprint density at radius 3 is 2.42 bits per heavy atom. The summed E-state index contributed by atoms with van der Waals surface area (Å²) in [4.78, 5) is 23.8. The first-order valence-corrected chi connectivity index (χ1v) is 8.39. The molecule has 0 fully saturated rings. The average Bonchev–Trinajstić information content (AvgIpc) is 2.63. The molecule has 0 saturated heterocycles. The van der Waals surface area contributed by atoms with Crippen molar-refractivity contribution in [1.82, 2.24) is 10.7 Å². The van der Waals surface area contributed by atoms with E-state index in [0.29, 0.717) is 21.4 Å². The number of benzene rings is 2. The van der Waals surface area contributed by atoms with Gasteiger partial charge in [0.15, 0.2) is 0 Å². The van der Waals surface area contributed by atoms with Gasteiger partial charge >= 0.3 is 11.8 Å². The summed E-state index contributed by atoms with van der Waals surface area (Å²) >= 11 is 11.8. The highest BCUT2D eigenvalue weighted by Gasteiger charge is 2.16. The monoisotopic (exact) mass is 393 g/mol. The maximum atomic E-state index is 11.9. The summed E-state index contributed by atoms with van der Waals surface area (Å²) in [7, 11) is 1.57. The van der Waals surface area contributed by atoms with Crippen molar-refractivity contribution in [3.63, 3.8) is 0 Å². The second-order valence-electron chi connectivity index (χ2n) is 5.33. The Balaban J connectivity index is 1.90. The number of ether oxygens (including phenoxy) is 1. The van der Waals surface area contributed by atoms with Gasteiger partial charge in [0.2, 0.25) is 0 Å². The van der Waals surface area contributed by atoms with Gasteiger partial charge < -0.3 is 10.1 Å². The Labute approximate surface area is 161 Å². The van der Waals surface area contributed by atoms with Crippen molar-refractivity contribution in [3.8, 4) is 5.75 Å². The first-order chi connectivity index (χ1) is 12.4. The molecule has 136 valence electrons. The minimum Gasteiger partial charge on any atom is -0.497 e. The molecule has 0 unspecified atom stereocenters. The van der Waals surface area contributed by atoms with E-state index in [0.717, 1.165) is 5.56 Å². The van der Waals surface area contributed by atoms with Crippen LogP contribution in [0.15, 0.2) is 47.6 Å². The van der Waals surface area contributed by atoms with Gasteiger partial charge in [-0.3, -0.25) is 9.59 Å². The van der Waals surface area contributed by atoms with Gasteiger partial charge in [0.25, 0.3) is 0 Å². The number of carbonyl (C=O) groups excluding carboxylic acids is 2. The maximum absolute atomic E-state index is 11.9. The van der Waals surface area contributed by atoms with Crippen molar-refractivity contribution in [2.75, 3.05) is 7.11 Å². The van der Waals surface area contributed by atoms with Gasteiger partial charge in [0, 0.05) is 10.6 Å². The molecule has 26 heavy (non-hydrogen) atoms. The number of hydrazone groups is 1. The Morgan fingerprint density at radius 1 is 1.12 bits per heavy atom. The van der Waals surface area contributed by atoms with Crippen molar-refractivity contribution in [2.24, 2.45) is 5.10 Å². The fraction of sp³-hybridized carbons (Fsp3) is 0.167. The summed E-state index contributed by atoms with van der Waals surface area (Å²) in [6.45, 7) is 1.77. The van der Waals surface area contributed by atoms with Crippen LogP contribution in [-0.2, 0) is 9.59 Å². The molecular formula is C18H17Cl2N3O3. The Morgan fingerprint density at radius 2 is 1.81 bits per heavy atom. The fourth-order valence-corrected chi connectivity index (χ4v) is 2.51. The molecule has 0 aromatic heterocycles. The number of hydrogen-bond acceptors (Lipinski definition) is 4. The highest BCUT2D eigenvalue weighted by Crippen LogP contribution is 2.19. The zero-order valence-electron chi connectivity index (χ0n) is 14.1. The quantitative estimate of drug-likeness (QED) is 0.464. The van der Waals surface area contributed by atoms with E-state index in [1.165, 1.54) is 6.21 Å². The lowest BCUT2D eigenvalue weighted by Gasteiger charge is -2.13. The molecule has 0 saturated carbocycles. The van der Waals surface area contributed by atoms with Gasteiger partial charge in [0.1, 0.15) is 5.75 Å². The fourth-order valence-electron chi connectivity index (χ4n) is 2.06. The molecule has 2 N–H and O–H groups in total. The zero-order valence-corrected chi connectivity index (χ0v) is 15.6. The lowest BCUT2D eigenvalue weighted by Crippen LogP contribution is -2.39. The Kier molecular flexibility index (Phi) is 7.00. The van der Waals surface area contributed by atoms with Gasteiger partial charge in [-0.05, 0) is 36.8 Å². The zero-order chi connectivity index (χ0) is 19.1. The Bertz CT molecular complexity index is 823. The van der Waals surface area contributed by atoms with Crippen LogP contribution in [0, 0.1) is 0 Å². The van der Waals surface area contributed by atoms with E-state index in [4.69, 9.17) is 27.9 Å². The lowest BCUT2D eigenvalue weighted by molar-refractivity contribution is -0.139. The minimum atomic E-state index is -0.883. The van der Waals surface area contributed by atoms with Crippen LogP contribution in [0.25, 0.3) is 0 Å². The van der Waals surface area contributed by atoms with E-state index in [1.807, 2.05) is 12.1 Å². The highest BCUT2D eigenvalue weighted by atomic mass is 35.5. The lowest BCUT2D eigenvalue weighted by atomic mass is 10.1. The van der Waals surface area contributed by atoms with Gasteiger partial charge in [-0.2, -0.15) is 5.10 Å². The van der Waals surface area contributed by atoms with E-state index in [1.54, 1.807) is 44.4 Å². The number of carbonyl (C=O) groups is 2. The van der Waals surface area contributed by atoms with Crippen molar-refractivity contribution >= 4 is 41.2 Å². The van der Waals surface area contributed by atoms with Gasteiger partial charge in [-0.25, -0.2) is 5.43 Å². The number of nitrogens with one attached hydrogen (secondary N) is 2. The van der Waals surface area contributed by atoms with Crippen molar-refractivity contribution in [3.05, 3.63) is 63.6 Å². The molecule has 2 rings (SSSR count). The average molecular weight is 394 g/mol. The third-order valence-electron chi connectivity index (χ3n) is 3.50. The molecule has 6 nitrogen and oxygen atoms in total. The van der Waals surface area contributed by atoms with Crippen molar-refractivity contribution < 1.29 is 14.3 Å². The number of rotatable bonds is 5. The SMILES string of the molecule is COc1ccc([C@H](C)NC(=O)C(=O)N/N=C\c2ccc(Cl)cc2Cl)cc1. The molecule has 0 bridgehead atoms. The second kappa shape index (κ2) is 9.22. The minimum absolute atomic E-state index is 0.353. The molecule has 0 aliphatic heterocycles. The molecule has 2 aromatic carbocycles. The summed E-state index contributed by atoms with van der Waals surface area (Å²) in [6.07, 6.45) is 1.33. The maximum Gasteiger partial charge on any atom is 0.329 e. The standard InChI is InChI=1S/C18H17Cl2N3O3/c1-11(12-4-7-15(26-2)8-5-12)22-17(24)18(25)23-21-10-13-3-6-14(19)9-16(13)20/h3-11H,1-2H3,(H,22,24)(H,23,25)/b21-10-/t11-/m0/s1. The molecule has 0 aliphatic rings. The van der Waals surface area contributed by atoms with Crippen LogP contribution in [0.5, 0.6) is 5.75 Å². The highest BCUT2D eigenvalue weighted by molar-refractivity contribution is 6.36. The molecule has 0 heterocycles. The number of nitrogens with zero attached hydrogens (tertiary/aromatic N) is 1.